The average Bonchev–Trinajstić information content (AvgIpc) is 3.80. The Morgan fingerprint density at radius 3 is 2.12 bits per heavy atom. The van der Waals surface area contributed by atoms with E-state index in [1.807, 2.05) is 15.7 Å². The number of thiophene rings is 1. The van der Waals surface area contributed by atoms with Gasteiger partial charge in [-0.15, -0.1) is 11.3 Å². The molecule has 19 heteroatoms. The molecule has 0 spiro atoms. The van der Waals surface area contributed by atoms with Crippen LogP contribution in [0.3, 0.4) is 0 Å². The summed E-state index contributed by atoms with van der Waals surface area (Å²) >= 11 is 1.02. The minimum absolute atomic E-state index is 0.0118. The molecule has 0 aliphatic carbocycles. The predicted octanol–water partition coefficient (Wildman–Crippen LogP) is 6.97. The third-order valence-electron chi connectivity index (χ3n) is 10.8. The summed E-state index contributed by atoms with van der Waals surface area (Å²) in [5.41, 5.74) is -7.18. The number of esters is 2. The van der Waals surface area contributed by atoms with Crippen molar-refractivity contribution in [2.45, 2.75) is 116 Å². The van der Waals surface area contributed by atoms with Gasteiger partial charge in [0, 0.05) is 54.3 Å². The van der Waals surface area contributed by atoms with Crippen LogP contribution in [-0.4, -0.2) is 93.8 Å². The standard InChI is InChI=1S/C40H52F2N5O10PS/c1-38(2,3)36(51)54-23-56-58(53,57-24-55-37(52)39(4,5)6)40(41,42)26-13-14-31-25(17-26)18-32(59-31)34(49)44-30-12-8-10-27-9-7-11-28(47(27)35(30)50)19-33(48)46-20-29(21-46)45-16-15-43-22-45/h13-18,22,27-30H,7-12,19-21,23-24H2,1-6H3,(H,44,49)/t27-,28+,30+/m1/s1. The first kappa shape index (κ1) is 44.3. The van der Waals surface area contributed by atoms with E-state index in [1.165, 1.54) is 53.7 Å². The number of carbonyl (C=O) groups excluding carboxylic acids is 5. The van der Waals surface area contributed by atoms with Gasteiger partial charge in [0.2, 0.25) is 25.4 Å². The number of alkyl halides is 2. The lowest BCUT2D eigenvalue weighted by Gasteiger charge is -2.44. The fourth-order valence-electron chi connectivity index (χ4n) is 7.33. The molecule has 3 aromatic rings. The highest BCUT2D eigenvalue weighted by Crippen LogP contribution is 2.67. The van der Waals surface area contributed by atoms with E-state index in [4.69, 9.17) is 18.5 Å². The van der Waals surface area contributed by atoms with Gasteiger partial charge in [-0.2, -0.15) is 8.78 Å². The Balaban J connectivity index is 1.14. The van der Waals surface area contributed by atoms with Gasteiger partial charge < -0.3 is 29.2 Å². The van der Waals surface area contributed by atoms with Gasteiger partial charge in [0.1, 0.15) is 6.04 Å². The molecule has 322 valence electrons. The van der Waals surface area contributed by atoms with Crippen LogP contribution in [0.5, 0.6) is 0 Å². The Bertz CT molecular complexity index is 2060. The molecule has 3 amide bonds. The largest absolute Gasteiger partial charge is 0.438 e. The number of likely N-dealkylation sites (tertiary alicyclic amines) is 1. The molecule has 0 bridgehead atoms. The van der Waals surface area contributed by atoms with Crippen molar-refractivity contribution < 1.29 is 55.8 Å². The summed E-state index contributed by atoms with van der Waals surface area (Å²) in [5.74, 6) is -2.43. The molecule has 2 aromatic heterocycles. The molecule has 3 saturated heterocycles. The lowest BCUT2D eigenvalue weighted by molar-refractivity contribution is -0.163. The molecule has 59 heavy (non-hydrogen) atoms. The molecule has 15 nitrogen and oxygen atoms in total. The van der Waals surface area contributed by atoms with Gasteiger partial charge in [-0.05, 0) is 104 Å². The van der Waals surface area contributed by atoms with Crippen LogP contribution in [0.1, 0.15) is 108 Å². The van der Waals surface area contributed by atoms with Gasteiger partial charge in [0.15, 0.2) is 0 Å². The van der Waals surface area contributed by atoms with Crippen LogP contribution >= 0.6 is 18.9 Å². The van der Waals surface area contributed by atoms with Gasteiger partial charge in [-0.1, -0.05) is 6.07 Å². The zero-order chi connectivity index (χ0) is 42.9. The Kier molecular flexibility index (Phi) is 13.1. The highest BCUT2D eigenvalue weighted by atomic mass is 32.1. The lowest BCUT2D eigenvalue weighted by Crippen LogP contribution is -2.57. The van der Waals surface area contributed by atoms with E-state index >= 15 is 8.78 Å². The quantitative estimate of drug-likeness (QED) is 0.107. The molecule has 3 aliphatic rings. The van der Waals surface area contributed by atoms with Crippen molar-refractivity contribution in [3.63, 3.8) is 0 Å². The Labute approximate surface area is 345 Å². The minimum Gasteiger partial charge on any atom is -0.438 e. The van der Waals surface area contributed by atoms with E-state index in [-0.39, 0.29) is 46.6 Å². The van der Waals surface area contributed by atoms with Crippen LogP contribution in [0, 0.1) is 10.8 Å². The van der Waals surface area contributed by atoms with Crippen LogP contribution in [0.15, 0.2) is 43.0 Å². The zero-order valence-corrected chi connectivity index (χ0v) is 35.8. The first-order valence-corrected chi connectivity index (χ1v) is 22.1. The van der Waals surface area contributed by atoms with Crippen LogP contribution in [0.25, 0.3) is 10.1 Å². The van der Waals surface area contributed by atoms with Gasteiger partial charge in [-0.25, -0.2) is 4.98 Å². The number of hydrogen-bond donors (Lipinski definition) is 1. The maximum absolute atomic E-state index is 16.3. The summed E-state index contributed by atoms with van der Waals surface area (Å²) in [7, 11) is -5.56. The van der Waals surface area contributed by atoms with Crippen molar-refractivity contribution in [2.75, 3.05) is 26.7 Å². The number of imidazole rings is 1. The first-order valence-electron chi connectivity index (χ1n) is 19.7. The van der Waals surface area contributed by atoms with E-state index < -0.39 is 67.1 Å². The molecule has 3 atom stereocenters. The summed E-state index contributed by atoms with van der Waals surface area (Å²) in [4.78, 5) is 73.6. The maximum atomic E-state index is 16.3. The van der Waals surface area contributed by atoms with Gasteiger partial charge in [-0.3, -0.25) is 37.6 Å². The Morgan fingerprint density at radius 2 is 1.53 bits per heavy atom. The number of nitrogens with zero attached hydrogens (tertiary/aromatic N) is 4. The molecule has 1 aromatic carbocycles. The molecule has 3 aliphatic heterocycles. The van der Waals surface area contributed by atoms with E-state index in [0.29, 0.717) is 37.1 Å². The summed E-state index contributed by atoms with van der Waals surface area (Å²) in [5, 5.41) is 3.09. The van der Waals surface area contributed by atoms with E-state index in [1.54, 1.807) is 17.4 Å². The van der Waals surface area contributed by atoms with Gasteiger partial charge >= 0.3 is 25.2 Å². The zero-order valence-electron chi connectivity index (χ0n) is 34.1. The number of halogens is 2. The Morgan fingerprint density at radius 1 is 0.898 bits per heavy atom. The predicted molar refractivity (Wildman–Crippen MR) is 212 cm³/mol. The number of aromatic nitrogens is 2. The average molecular weight is 864 g/mol. The maximum Gasteiger partial charge on any atom is 0.410 e. The van der Waals surface area contributed by atoms with E-state index in [9.17, 15) is 28.5 Å². The summed E-state index contributed by atoms with van der Waals surface area (Å²) in [6.45, 7) is 8.07. The van der Waals surface area contributed by atoms with E-state index in [2.05, 4.69) is 10.3 Å². The van der Waals surface area contributed by atoms with E-state index in [0.717, 1.165) is 42.7 Å². The number of amides is 3. The normalized spacial score (nSPS) is 20.7. The SMILES string of the molecule is CC(C)(C)C(=O)OCOP(=O)(OCOC(=O)C(C)(C)C)C(F)(F)c1ccc2sc(C(=O)N[C@H]3CCC[C@H]4CCC[C@@H](CC(=O)N5CC(n6ccnc6)C5)N4C3=O)cc2c1. The fraction of sp³-hybridized carbons (Fsp3) is 0.600. The van der Waals surface area contributed by atoms with Crippen molar-refractivity contribution in [3.8, 4) is 0 Å². The molecular formula is C40H52F2N5O10PS. The second-order valence-electron chi connectivity index (χ2n) is 17.4. The molecule has 0 saturated carbocycles. The summed E-state index contributed by atoms with van der Waals surface area (Å²) in [6.07, 6.45) is 9.77. The van der Waals surface area contributed by atoms with Crippen molar-refractivity contribution in [1.82, 2.24) is 24.7 Å². The van der Waals surface area contributed by atoms with Crippen LogP contribution in [0.4, 0.5) is 8.78 Å². The van der Waals surface area contributed by atoms with Crippen LogP contribution < -0.4 is 5.32 Å². The molecule has 0 radical (unpaired) electrons. The molecule has 6 rings (SSSR count). The molecule has 5 heterocycles. The van der Waals surface area contributed by atoms with Crippen molar-refractivity contribution in [1.29, 1.82) is 0 Å². The third-order valence-corrected chi connectivity index (χ3v) is 13.8. The molecule has 1 N–H and O–H groups in total. The topological polar surface area (TPSA) is 176 Å². The first-order chi connectivity index (χ1) is 27.7. The second kappa shape index (κ2) is 17.4. The number of fused-ring (bicyclic) bond motifs is 2. The number of rotatable bonds is 13. The smallest absolute Gasteiger partial charge is 0.410 e. The number of carbonyl (C=O) groups is 5. The monoisotopic (exact) mass is 863 g/mol. The fourth-order valence-corrected chi connectivity index (χ4v) is 9.51. The van der Waals surface area contributed by atoms with Crippen molar-refractivity contribution in [3.05, 3.63) is 53.4 Å². The summed E-state index contributed by atoms with van der Waals surface area (Å²) in [6, 6.07) is 3.78. The number of nitrogens with one attached hydrogen (secondary N) is 1. The summed E-state index contributed by atoms with van der Waals surface area (Å²) < 4.78 is 68.6. The lowest BCUT2D eigenvalue weighted by atomic mass is 9.91. The minimum atomic E-state index is -5.56. The molecule has 3 fully saturated rings. The van der Waals surface area contributed by atoms with Crippen molar-refractivity contribution in [2.24, 2.45) is 10.8 Å². The number of hydrogen-bond acceptors (Lipinski definition) is 12. The third kappa shape index (κ3) is 9.87. The molecule has 0 unspecified atom stereocenters. The second-order valence-corrected chi connectivity index (χ2v) is 20.5. The number of benzene rings is 1. The van der Waals surface area contributed by atoms with Crippen molar-refractivity contribution >= 4 is 58.7 Å². The number of piperidine rings is 1. The number of ether oxygens (including phenoxy) is 2. The Hall–Kier alpha value is -4.25. The highest BCUT2D eigenvalue weighted by Gasteiger charge is 2.56. The van der Waals surface area contributed by atoms with Gasteiger partial charge in [0.05, 0.1) is 28.1 Å². The van der Waals surface area contributed by atoms with Crippen LogP contribution in [-0.2, 0) is 47.9 Å². The van der Waals surface area contributed by atoms with Crippen LogP contribution in [0.2, 0.25) is 0 Å². The highest BCUT2D eigenvalue weighted by molar-refractivity contribution is 7.54. The van der Waals surface area contributed by atoms with Gasteiger partial charge in [0.25, 0.3) is 5.91 Å². The molecular weight excluding hydrogens is 812 g/mol.